The molecule has 0 aromatic rings. The van der Waals surface area contributed by atoms with Gasteiger partial charge in [0.05, 0.1) is 5.54 Å². The molecule has 1 saturated carbocycles. The zero-order valence-corrected chi connectivity index (χ0v) is 6.74. The first-order chi connectivity index (χ1) is 4.12. The Hall–Kier alpha value is -0.280. The molecular formula is C6H12ClNO2. The number of halogens is 1. The third kappa shape index (κ3) is 3.03. The fourth-order valence-electron chi connectivity index (χ4n) is 0.550. The second-order valence-corrected chi connectivity index (χ2v) is 2.64. The molecule has 0 unspecified atom stereocenters. The van der Waals surface area contributed by atoms with Crippen molar-refractivity contribution in [1.29, 1.82) is 0 Å². The van der Waals surface area contributed by atoms with Gasteiger partial charge < -0.3 is 10.5 Å². The molecule has 60 valence electrons. The summed E-state index contributed by atoms with van der Waals surface area (Å²) in [6.07, 6.45) is 1.97. The van der Waals surface area contributed by atoms with Crippen LogP contribution in [-0.2, 0) is 9.53 Å². The van der Waals surface area contributed by atoms with Gasteiger partial charge in [-0.1, -0.05) is 0 Å². The van der Waals surface area contributed by atoms with Gasteiger partial charge in [0.2, 0.25) is 0 Å². The topological polar surface area (TPSA) is 52.3 Å². The van der Waals surface area contributed by atoms with Gasteiger partial charge in [0.1, 0.15) is 6.61 Å². The zero-order chi connectivity index (χ0) is 6.91. The van der Waals surface area contributed by atoms with E-state index in [1.807, 2.05) is 0 Å². The van der Waals surface area contributed by atoms with Crippen LogP contribution in [0.1, 0.15) is 19.8 Å². The van der Waals surface area contributed by atoms with E-state index in [1.165, 1.54) is 6.92 Å². The van der Waals surface area contributed by atoms with Gasteiger partial charge in [-0.05, 0) is 12.8 Å². The van der Waals surface area contributed by atoms with Crippen LogP contribution in [0.5, 0.6) is 0 Å². The first-order valence-corrected chi connectivity index (χ1v) is 3.05. The molecule has 3 nitrogen and oxygen atoms in total. The second-order valence-electron chi connectivity index (χ2n) is 2.64. The Balaban J connectivity index is 0.000000810. The van der Waals surface area contributed by atoms with Crippen LogP contribution in [-0.4, -0.2) is 18.1 Å². The minimum Gasteiger partial charge on any atom is -0.464 e. The Bertz CT molecular complexity index is 134. The molecule has 4 heteroatoms. The van der Waals surface area contributed by atoms with Gasteiger partial charge in [-0.15, -0.1) is 12.4 Å². The number of nitrogens with two attached hydrogens (primary N) is 1. The molecule has 0 saturated heterocycles. The van der Waals surface area contributed by atoms with Crippen molar-refractivity contribution in [2.45, 2.75) is 25.3 Å². The maximum Gasteiger partial charge on any atom is 0.302 e. The highest BCUT2D eigenvalue weighted by Crippen LogP contribution is 2.31. The third-order valence-corrected chi connectivity index (χ3v) is 1.46. The largest absolute Gasteiger partial charge is 0.464 e. The van der Waals surface area contributed by atoms with Gasteiger partial charge in [-0.2, -0.15) is 0 Å². The van der Waals surface area contributed by atoms with E-state index in [2.05, 4.69) is 0 Å². The van der Waals surface area contributed by atoms with Crippen LogP contribution < -0.4 is 5.73 Å². The molecule has 2 N–H and O–H groups in total. The van der Waals surface area contributed by atoms with E-state index in [0.29, 0.717) is 6.61 Å². The van der Waals surface area contributed by atoms with Gasteiger partial charge in [-0.3, -0.25) is 4.79 Å². The predicted octanol–water partition coefficient (Wildman–Crippen LogP) is 0.463. The van der Waals surface area contributed by atoms with Crippen molar-refractivity contribution < 1.29 is 9.53 Å². The summed E-state index contributed by atoms with van der Waals surface area (Å²) in [6, 6.07) is 0. The van der Waals surface area contributed by atoms with E-state index in [0.717, 1.165) is 12.8 Å². The lowest BCUT2D eigenvalue weighted by Crippen LogP contribution is -2.29. The van der Waals surface area contributed by atoms with E-state index in [-0.39, 0.29) is 23.9 Å². The lowest BCUT2D eigenvalue weighted by atomic mass is 10.3. The molecular weight excluding hydrogens is 154 g/mol. The minimum absolute atomic E-state index is 0. The van der Waals surface area contributed by atoms with Crippen molar-refractivity contribution in [3.05, 3.63) is 0 Å². The normalized spacial score (nSPS) is 19.0. The maximum absolute atomic E-state index is 10.2. The highest BCUT2D eigenvalue weighted by Gasteiger charge is 2.39. The molecule has 10 heavy (non-hydrogen) atoms. The summed E-state index contributed by atoms with van der Waals surface area (Å²) in [5.74, 6) is -0.244. The Morgan fingerprint density at radius 3 is 2.50 bits per heavy atom. The van der Waals surface area contributed by atoms with Gasteiger partial charge in [0, 0.05) is 6.92 Å². The van der Waals surface area contributed by atoms with Crippen molar-refractivity contribution in [1.82, 2.24) is 0 Å². The number of carbonyl (C=O) groups excluding carboxylic acids is 1. The summed E-state index contributed by atoms with van der Waals surface area (Å²) in [4.78, 5) is 10.2. The quantitative estimate of drug-likeness (QED) is 0.605. The van der Waals surface area contributed by atoms with Gasteiger partial charge >= 0.3 is 5.97 Å². The lowest BCUT2D eigenvalue weighted by molar-refractivity contribution is -0.141. The SMILES string of the molecule is CC(=O)OCC1(N)CC1.Cl. The number of hydrogen-bond donors (Lipinski definition) is 1. The standard InChI is InChI=1S/C6H11NO2.ClH/c1-5(8)9-4-6(7)2-3-6;/h2-4,7H2,1H3;1H. The average molecular weight is 166 g/mol. The van der Waals surface area contributed by atoms with E-state index in [4.69, 9.17) is 10.5 Å². The van der Waals surface area contributed by atoms with Crippen LogP contribution in [0.15, 0.2) is 0 Å². The van der Waals surface area contributed by atoms with Gasteiger partial charge in [0.15, 0.2) is 0 Å². The third-order valence-electron chi connectivity index (χ3n) is 1.46. The van der Waals surface area contributed by atoms with Crippen LogP contribution >= 0.6 is 12.4 Å². The molecule has 1 aliphatic carbocycles. The van der Waals surface area contributed by atoms with Crippen molar-refractivity contribution >= 4 is 18.4 Å². The molecule has 0 aromatic heterocycles. The van der Waals surface area contributed by atoms with E-state index < -0.39 is 0 Å². The lowest BCUT2D eigenvalue weighted by Gasteiger charge is -2.06. The summed E-state index contributed by atoms with van der Waals surface area (Å²) < 4.78 is 4.70. The number of rotatable bonds is 2. The molecule has 0 aromatic carbocycles. The van der Waals surface area contributed by atoms with Crippen LogP contribution in [0.25, 0.3) is 0 Å². The second kappa shape index (κ2) is 3.21. The van der Waals surface area contributed by atoms with Crippen LogP contribution in [0, 0.1) is 0 Å². The Morgan fingerprint density at radius 2 is 2.20 bits per heavy atom. The summed E-state index contributed by atoms with van der Waals surface area (Å²) in [5, 5.41) is 0. The minimum atomic E-state index is -0.244. The molecule has 0 spiro atoms. The highest BCUT2D eigenvalue weighted by molar-refractivity contribution is 5.85. The first-order valence-electron chi connectivity index (χ1n) is 3.05. The average Bonchev–Trinajstić information content (AvgIpc) is 2.45. The first kappa shape index (κ1) is 9.72. The summed E-state index contributed by atoms with van der Waals surface area (Å²) in [6.45, 7) is 1.79. The molecule has 0 heterocycles. The molecule has 1 rings (SSSR count). The molecule has 1 aliphatic rings. The zero-order valence-electron chi connectivity index (χ0n) is 5.92. The Kier molecular flexibility index (Phi) is 3.12. The fraction of sp³-hybridized carbons (Fsp3) is 0.833. The Morgan fingerprint density at radius 1 is 1.70 bits per heavy atom. The number of hydrogen-bond acceptors (Lipinski definition) is 3. The van der Waals surface area contributed by atoms with E-state index in [1.54, 1.807) is 0 Å². The summed E-state index contributed by atoms with van der Waals surface area (Å²) in [5.41, 5.74) is 5.46. The molecule has 0 amide bonds. The molecule has 0 aliphatic heterocycles. The number of carbonyl (C=O) groups is 1. The Labute approximate surface area is 66.3 Å². The van der Waals surface area contributed by atoms with Gasteiger partial charge in [-0.25, -0.2) is 0 Å². The highest BCUT2D eigenvalue weighted by atomic mass is 35.5. The van der Waals surface area contributed by atoms with E-state index in [9.17, 15) is 4.79 Å². The number of ether oxygens (including phenoxy) is 1. The number of esters is 1. The van der Waals surface area contributed by atoms with Gasteiger partial charge in [0.25, 0.3) is 0 Å². The van der Waals surface area contributed by atoms with Crippen LogP contribution in [0.2, 0.25) is 0 Å². The summed E-state index contributed by atoms with van der Waals surface area (Å²) in [7, 11) is 0. The van der Waals surface area contributed by atoms with Crippen LogP contribution in [0.3, 0.4) is 0 Å². The smallest absolute Gasteiger partial charge is 0.302 e. The monoisotopic (exact) mass is 165 g/mol. The summed E-state index contributed by atoms with van der Waals surface area (Å²) >= 11 is 0. The van der Waals surface area contributed by atoms with Crippen molar-refractivity contribution in [2.24, 2.45) is 5.73 Å². The van der Waals surface area contributed by atoms with Crippen molar-refractivity contribution in [2.75, 3.05) is 6.61 Å². The van der Waals surface area contributed by atoms with Crippen molar-refractivity contribution in [3.8, 4) is 0 Å². The molecule has 0 atom stereocenters. The predicted molar refractivity (Wildman–Crippen MR) is 40.0 cm³/mol. The molecule has 0 bridgehead atoms. The molecule has 0 radical (unpaired) electrons. The molecule has 1 fully saturated rings. The van der Waals surface area contributed by atoms with Crippen LogP contribution in [0.4, 0.5) is 0 Å². The fourth-order valence-corrected chi connectivity index (χ4v) is 0.550. The van der Waals surface area contributed by atoms with E-state index >= 15 is 0 Å². The maximum atomic E-state index is 10.2. The van der Waals surface area contributed by atoms with Crippen molar-refractivity contribution in [3.63, 3.8) is 0 Å².